The van der Waals surface area contributed by atoms with Crippen LogP contribution in [-0.4, -0.2) is 5.11 Å². The minimum Gasteiger partial charge on any atom is -0.506 e. The van der Waals surface area contributed by atoms with Crippen LogP contribution in [0.3, 0.4) is 0 Å². The smallest absolute Gasteiger partial charge is 0.137 e. The molecular formula is C7H3BrFNO. The van der Waals surface area contributed by atoms with Crippen molar-refractivity contribution in [2.24, 2.45) is 0 Å². The molecule has 0 heterocycles. The third-order valence-corrected chi connectivity index (χ3v) is 1.77. The molecular weight excluding hydrogens is 213 g/mol. The van der Waals surface area contributed by atoms with Crippen molar-refractivity contribution in [3.63, 3.8) is 0 Å². The van der Waals surface area contributed by atoms with Gasteiger partial charge in [-0.15, -0.1) is 0 Å². The molecule has 1 rings (SSSR count). The van der Waals surface area contributed by atoms with Gasteiger partial charge >= 0.3 is 0 Å². The lowest BCUT2D eigenvalue weighted by Crippen LogP contribution is -1.81. The van der Waals surface area contributed by atoms with Crippen LogP contribution in [0, 0.1) is 17.1 Å². The first-order valence-electron chi connectivity index (χ1n) is 2.73. The van der Waals surface area contributed by atoms with Crippen molar-refractivity contribution in [3.05, 3.63) is 28.0 Å². The van der Waals surface area contributed by atoms with Crippen LogP contribution in [0.5, 0.6) is 5.75 Å². The van der Waals surface area contributed by atoms with Crippen LogP contribution in [0.25, 0.3) is 0 Å². The highest BCUT2D eigenvalue weighted by atomic mass is 79.9. The van der Waals surface area contributed by atoms with Gasteiger partial charge in [0.1, 0.15) is 23.2 Å². The Labute approximate surface area is 71.0 Å². The molecule has 0 aromatic heterocycles. The van der Waals surface area contributed by atoms with Gasteiger partial charge < -0.3 is 5.11 Å². The van der Waals surface area contributed by atoms with E-state index >= 15 is 0 Å². The van der Waals surface area contributed by atoms with E-state index in [2.05, 4.69) is 15.9 Å². The number of hydrogen-bond donors (Lipinski definition) is 1. The van der Waals surface area contributed by atoms with Gasteiger partial charge in [-0.25, -0.2) is 4.39 Å². The second kappa shape index (κ2) is 2.89. The fourth-order valence-electron chi connectivity index (χ4n) is 0.671. The first-order chi connectivity index (χ1) is 5.15. The SMILES string of the molecule is N#Cc1c(O)cc(F)cc1Br. The predicted molar refractivity (Wildman–Crippen MR) is 40.5 cm³/mol. The number of phenols is 1. The van der Waals surface area contributed by atoms with Crippen molar-refractivity contribution >= 4 is 15.9 Å². The molecule has 0 fully saturated rings. The molecule has 1 N–H and O–H groups in total. The van der Waals surface area contributed by atoms with Gasteiger partial charge in [-0.2, -0.15) is 5.26 Å². The summed E-state index contributed by atoms with van der Waals surface area (Å²) in [5.74, 6) is -0.923. The zero-order valence-electron chi connectivity index (χ0n) is 5.31. The Balaban J connectivity index is 3.40. The van der Waals surface area contributed by atoms with E-state index in [1.807, 2.05) is 0 Å². The number of benzene rings is 1. The standard InChI is InChI=1S/C7H3BrFNO/c8-6-1-4(9)2-7(11)5(6)3-10/h1-2,11H. The number of aromatic hydroxyl groups is 1. The summed E-state index contributed by atoms with van der Waals surface area (Å²) in [5, 5.41) is 17.4. The fraction of sp³-hybridized carbons (Fsp3) is 0. The molecule has 0 saturated heterocycles. The molecule has 1 aromatic rings. The van der Waals surface area contributed by atoms with E-state index in [1.54, 1.807) is 6.07 Å². The van der Waals surface area contributed by atoms with Crippen molar-refractivity contribution in [2.45, 2.75) is 0 Å². The Morgan fingerprint density at radius 1 is 1.55 bits per heavy atom. The molecule has 0 aliphatic rings. The van der Waals surface area contributed by atoms with E-state index < -0.39 is 5.82 Å². The largest absolute Gasteiger partial charge is 0.506 e. The van der Waals surface area contributed by atoms with Gasteiger partial charge in [0, 0.05) is 10.5 Å². The summed E-state index contributed by atoms with van der Waals surface area (Å²) in [4.78, 5) is 0. The minimum absolute atomic E-state index is 0.0476. The summed E-state index contributed by atoms with van der Waals surface area (Å²) in [7, 11) is 0. The van der Waals surface area contributed by atoms with Crippen LogP contribution in [-0.2, 0) is 0 Å². The van der Waals surface area contributed by atoms with Crippen LogP contribution in [0.1, 0.15) is 5.56 Å². The average molecular weight is 216 g/mol. The molecule has 0 aliphatic heterocycles. The first-order valence-corrected chi connectivity index (χ1v) is 3.52. The second-order valence-corrected chi connectivity index (χ2v) is 2.75. The van der Waals surface area contributed by atoms with Gasteiger partial charge in [0.05, 0.1) is 0 Å². The number of halogens is 2. The highest BCUT2D eigenvalue weighted by molar-refractivity contribution is 9.10. The molecule has 0 amide bonds. The summed E-state index contributed by atoms with van der Waals surface area (Å²) in [6.45, 7) is 0. The summed E-state index contributed by atoms with van der Waals surface area (Å²) in [6.07, 6.45) is 0. The van der Waals surface area contributed by atoms with Crippen molar-refractivity contribution in [1.29, 1.82) is 5.26 Å². The Hall–Kier alpha value is -1.08. The first kappa shape index (κ1) is 8.02. The Morgan fingerprint density at radius 3 is 2.64 bits per heavy atom. The predicted octanol–water partition coefficient (Wildman–Crippen LogP) is 2.17. The van der Waals surface area contributed by atoms with Crippen molar-refractivity contribution in [1.82, 2.24) is 0 Å². The Kier molecular flexibility index (Phi) is 2.11. The van der Waals surface area contributed by atoms with E-state index in [-0.39, 0.29) is 15.8 Å². The molecule has 0 spiro atoms. The van der Waals surface area contributed by atoms with E-state index in [9.17, 15) is 4.39 Å². The molecule has 4 heteroatoms. The van der Waals surface area contributed by atoms with Gasteiger partial charge in [-0.1, -0.05) is 0 Å². The summed E-state index contributed by atoms with van der Waals surface area (Å²) in [5.41, 5.74) is 0.0476. The Bertz CT molecular complexity index is 309. The lowest BCUT2D eigenvalue weighted by Gasteiger charge is -1.97. The van der Waals surface area contributed by atoms with Gasteiger partial charge in [-0.3, -0.25) is 0 Å². The summed E-state index contributed by atoms with van der Waals surface area (Å²) >= 11 is 2.94. The molecule has 0 bridgehead atoms. The van der Waals surface area contributed by atoms with Crippen molar-refractivity contribution in [2.75, 3.05) is 0 Å². The third kappa shape index (κ3) is 1.49. The summed E-state index contributed by atoms with van der Waals surface area (Å²) in [6, 6.07) is 3.74. The van der Waals surface area contributed by atoms with Crippen LogP contribution in [0.2, 0.25) is 0 Å². The average Bonchev–Trinajstić information content (AvgIpc) is 1.85. The second-order valence-electron chi connectivity index (χ2n) is 1.89. The number of rotatable bonds is 0. The van der Waals surface area contributed by atoms with Crippen LogP contribution >= 0.6 is 15.9 Å². The lowest BCUT2D eigenvalue weighted by atomic mass is 10.2. The normalized spacial score (nSPS) is 9.18. The maximum absolute atomic E-state index is 12.4. The number of phenolic OH excluding ortho intramolecular Hbond substituents is 1. The monoisotopic (exact) mass is 215 g/mol. The van der Waals surface area contributed by atoms with Crippen LogP contribution in [0.4, 0.5) is 4.39 Å². The molecule has 2 nitrogen and oxygen atoms in total. The van der Waals surface area contributed by atoms with Gasteiger partial charge in [0.25, 0.3) is 0 Å². The van der Waals surface area contributed by atoms with E-state index in [4.69, 9.17) is 10.4 Å². The van der Waals surface area contributed by atoms with E-state index in [0.717, 1.165) is 12.1 Å². The molecule has 1 aromatic carbocycles. The molecule has 0 atom stereocenters. The minimum atomic E-state index is -0.576. The molecule has 11 heavy (non-hydrogen) atoms. The maximum Gasteiger partial charge on any atom is 0.137 e. The van der Waals surface area contributed by atoms with E-state index in [1.165, 1.54) is 0 Å². The Morgan fingerprint density at radius 2 is 2.18 bits per heavy atom. The summed E-state index contributed by atoms with van der Waals surface area (Å²) < 4.78 is 12.7. The number of nitrogens with zero attached hydrogens (tertiary/aromatic N) is 1. The zero-order valence-corrected chi connectivity index (χ0v) is 6.89. The molecule has 0 unspecified atom stereocenters. The van der Waals surface area contributed by atoms with E-state index in [0.29, 0.717) is 0 Å². The topological polar surface area (TPSA) is 44.0 Å². The van der Waals surface area contributed by atoms with Gasteiger partial charge in [0.2, 0.25) is 0 Å². The van der Waals surface area contributed by atoms with Crippen molar-refractivity contribution in [3.8, 4) is 11.8 Å². The number of hydrogen-bond acceptors (Lipinski definition) is 2. The van der Waals surface area contributed by atoms with Gasteiger partial charge in [0.15, 0.2) is 0 Å². The molecule has 0 saturated carbocycles. The maximum atomic E-state index is 12.4. The highest BCUT2D eigenvalue weighted by Crippen LogP contribution is 2.25. The molecule has 56 valence electrons. The fourth-order valence-corrected chi connectivity index (χ4v) is 1.18. The highest BCUT2D eigenvalue weighted by Gasteiger charge is 2.06. The number of nitriles is 1. The molecule has 0 radical (unpaired) electrons. The third-order valence-electron chi connectivity index (χ3n) is 1.15. The van der Waals surface area contributed by atoms with Gasteiger partial charge in [-0.05, 0) is 22.0 Å². The van der Waals surface area contributed by atoms with Crippen molar-refractivity contribution < 1.29 is 9.50 Å². The van der Waals surface area contributed by atoms with Crippen LogP contribution in [0.15, 0.2) is 16.6 Å². The zero-order chi connectivity index (χ0) is 8.43. The quantitative estimate of drug-likeness (QED) is 0.722. The lowest BCUT2D eigenvalue weighted by molar-refractivity contribution is 0.466. The molecule has 0 aliphatic carbocycles. The van der Waals surface area contributed by atoms with Crippen LogP contribution < -0.4 is 0 Å².